The predicted molar refractivity (Wildman–Crippen MR) is 48.8 cm³/mol. The van der Waals surface area contributed by atoms with E-state index < -0.39 is 0 Å². The first-order valence-electron chi connectivity index (χ1n) is 4.75. The third kappa shape index (κ3) is 2.20. The van der Waals surface area contributed by atoms with Crippen LogP contribution in [0.5, 0.6) is 0 Å². The van der Waals surface area contributed by atoms with Crippen molar-refractivity contribution >= 4 is 11.8 Å². The molecular formula is C9H16N2O2. The van der Waals surface area contributed by atoms with Crippen LogP contribution in [0, 0.1) is 0 Å². The number of carbonyl (C=O) groups excluding carboxylic acids is 2. The molecule has 0 radical (unpaired) electrons. The Balaban J connectivity index is 2.55. The van der Waals surface area contributed by atoms with Crippen LogP contribution >= 0.6 is 0 Å². The monoisotopic (exact) mass is 184 g/mol. The summed E-state index contributed by atoms with van der Waals surface area (Å²) in [5.74, 6) is -0.306. The Labute approximate surface area is 78.1 Å². The van der Waals surface area contributed by atoms with E-state index in [1.807, 2.05) is 0 Å². The van der Waals surface area contributed by atoms with Crippen LogP contribution in [0.25, 0.3) is 0 Å². The van der Waals surface area contributed by atoms with Crippen LogP contribution < -0.4 is 5.73 Å². The summed E-state index contributed by atoms with van der Waals surface area (Å²) in [5, 5.41) is 0. The number of amides is 2. The normalized spacial score (nSPS) is 22.4. The highest BCUT2D eigenvalue weighted by molar-refractivity contribution is 5.89. The van der Waals surface area contributed by atoms with Crippen LogP contribution in [0.1, 0.15) is 32.6 Å². The molecular weight excluding hydrogens is 168 g/mol. The molecule has 0 bridgehead atoms. The maximum absolute atomic E-state index is 11.3. The molecule has 1 rings (SSSR count). The van der Waals surface area contributed by atoms with E-state index in [1.165, 1.54) is 0 Å². The molecule has 1 atom stereocenters. The van der Waals surface area contributed by atoms with Crippen molar-refractivity contribution in [1.29, 1.82) is 0 Å². The number of nitrogens with two attached hydrogens (primary N) is 1. The molecule has 1 heterocycles. The van der Waals surface area contributed by atoms with Crippen LogP contribution in [-0.2, 0) is 9.59 Å². The quantitative estimate of drug-likeness (QED) is 0.681. The molecule has 74 valence electrons. The van der Waals surface area contributed by atoms with Crippen LogP contribution in [0.4, 0.5) is 0 Å². The van der Waals surface area contributed by atoms with E-state index >= 15 is 0 Å². The number of nitrogens with zero attached hydrogens (tertiary/aromatic N) is 1. The summed E-state index contributed by atoms with van der Waals surface area (Å²) < 4.78 is 0. The Morgan fingerprint density at radius 1 is 1.69 bits per heavy atom. The molecule has 0 aromatic rings. The summed E-state index contributed by atoms with van der Waals surface area (Å²) in [7, 11) is 0. The smallest absolute Gasteiger partial charge is 0.240 e. The van der Waals surface area contributed by atoms with E-state index in [-0.39, 0.29) is 17.9 Å². The van der Waals surface area contributed by atoms with Crippen LogP contribution in [0.2, 0.25) is 0 Å². The predicted octanol–water partition coefficient (Wildman–Crippen LogP) is 0.263. The Morgan fingerprint density at radius 2 is 2.38 bits per heavy atom. The van der Waals surface area contributed by atoms with E-state index in [4.69, 9.17) is 5.73 Å². The number of hydrogen-bond acceptors (Lipinski definition) is 2. The third-order valence-electron chi connectivity index (χ3n) is 2.41. The largest absolute Gasteiger partial charge is 0.368 e. The second-order valence-corrected chi connectivity index (χ2v) is 3.40. The third-order valence-corrected chi connectivity index (χ3v) is 2.41. The summed E-state index contributed by atoms with van der Waals surface area (Å²) >= 11 is 0. The second-order valence-electron chi connectivity index (χ2n) is 3.40. The molecule has 13 heavy (non-hydrogen) atoms. The van der Waals surface area contributed by atoms with E-state index in [0.717, 1.165) is 12.8 Å². The number of hydrogen-bond donors (Lipinski definition) is 1. The van der Waals surface area contributed by atoms with Crippen molar-refractivity contribution < 1.29 is 9.59 Å². The lowest BCUT2D eigenvalue weighted by Gasteiger charge is -2.21. The zero-order valence-electron chi connectivity index (χ0n) is 7.95. The molecule has 1 saturated heterocycles. The van der Waals surface area contributed by atoms with Crippen molar-refractivity contribution in [2.75, 3.05) is 6.54 Å². The lowest BCUT2D eigenvalue weighted by molar-refractivity contribution is -0.134. The van der Waals surface area contributed by atoms with E-state index in [2.05, 4.69) is 6.92 Å². The maximum atomic E-state index is 11.3. The van der Waals surface area contributed by atoms with Gasteiger partial charge in [-0.05, 0) is 12.8 Å². The fourth-order valence-corrected chi connectivity index (χ4v) is 1.64. The van der Waals surface area contributed by atoms with Gasteiger partial charge in [-0.25, -0.2) is 0 Å². The lowest BCUT2D eigenvalue weighted by atomic mass is 10.2. The maximum Gasteiger partial charge on any atom is 0.240 e. The molecule has 1 aliphatic heterocycles. The Morgan fingerprint density at radius 3 is 2.92 bits per heavy atom. The van der Waals surface area contributed by atoms with Gasteiger partial charge in [0, 0.05) is 13.0 Å². The molecule has 4 nitrogen and oxygen atoms in total. The minimum atomic E-state index is -0.373. The van der Waals surface area contributed by atoms with Gasteiger partial charge in [0.2, 0.25) is 11.8 Å². The topological polar surface area (TPSA) is 63.4 Å². The molecule has 0 aliphatic carbocycles. The molecule has 1 aliphatic rings. The van der Waals surface area contributed by atoms with Gasteiger partial charge < -0.3 is 10.6 Å². The molecule has 0 saturated carbocycles. The molecule has 4 heteroatoms. The zero-order valence-corrected chi connectivity index (χ0v) is 7.95. The highest BCUT2D eigenvalue weighted by Crippen LogP contribution is 2.18. The molecule has 0 aromatic heterocycles. The summed E-state index contributed by atoms with van der Waals surface area (Å²) in [6, 6.07) is -0.348. The van der Waals surface area contributed by atoms with Crippen LogP contribution in [-0.4, -0.2) is 29.3 Å². The van der Waals surface area contributed by atoms with Crippen molar-refractivity contribution in [1.82, 2.24) is 4.90 Å². The van der Waals surface area contributed by atoms with Gasteiger partial charge in [-0.1, -0.05) is 13.3 Å². The Kier molecular flexibility index (Phi) is 3.28. The minimum Gasteiger partial charge on any atom is -0.368 e. The lowest BCUT2D eigenvalue weighted by Crippen LogP contribution is -2.42. The fourth-order valence-electron chi connectivity index (χ4n) is 1.64. The SMILES string of the molecule is CCCCN1C(=O)CC[C@H]1C(N)=O. The van der Waals surface area contributed by atoms with Gasteiger partial charge in [0.1, 0.15) is 6.04 Å². The highest BCUT2D eigenvalue weighted by Gasteiger charge is 2.33. The number of primary amides is 1. The van der Waals surface area contributed by atoms with E-state index in [9.17, 15) is 9.59 Å². The number of likely N-dealkylation sites (tertiary alicyclic amines) is 1. The second kappa shape index (κ2) is 4.25. The molecule has 0 unspecified atom stereocenters. The van der Waals surface area contributed by atoms with Crippen LogP contribution in [0.3, 0.4) is 0 Å². The molecule has 1 fully saturated rings. The molecule has 0 spiro atoms. The minimum absolute atomic E-state index is 0.0669. The van der Waals surface area contributed by atoms with E-state index in [0.29, 0.717) is 19.4 Å². The standard InChI is InChI=1S/C9H16N2O2/c1-2-3-6-11-7(9(10)13)4-5-8(11)12/h7H,2-6H2,1H3,(H2,10,13)/t7-/m0/s1. The molecule has 2 amide bonds. The Bertz CT molecular complexity index is 216. The average Bonchev–Trinajstić information content (AvgIpc) is 2.43. The summed E-state index contributed by atoms with van der Waals surface area (Å²) in [6.07, 6.45) is 3.03. The summed E-state index contributed by atoms with van der Waals surface area (Å²) in [5.41, 5.74) is 5.19. The van der Waals surface area contributed by atoms with Crippen molar-refractivity contribution in [3.63, 3.8) is 0 Å². The van der Waals surface area contributed by atoms with Gasteiger partial charge in [0.05, 0.1) is 0 Å². The van der Waals surface area contributed by atoms with Gasteiger partial charge in [-0.2, -0.15) is 0 Å². The number of unbranched alkanes of at least 4 members (excludes halogenated alkanes) is 1. The first kappa shape index (κ1) is 10.0. The molecule has 2 N–H and O–H groups in total. The first-order valence-corrected chi connectivity index (χ1v) is 4.75. The van der Waals surface area contributed by atoms with Crippen LogP contribution in [0.15, 0.2) is 0 Å². The molecule has 0 aromatic carbocycles. The number of rotatable bonds is 4. The fraction of sp³-hybridized carbons (Fsp3) is 0.778. The van der Waals surface area contributed by atoms with Crippen molar-refractivity contribution in [3.05, 3.63) is 0 Å². The first-order chi connectivity index (χ1) is 6.16. The van der Waals surface area contributed by atoms with Crippen molar-refractivity contribution in [3.8, 4) is 0 Å². The summed E-state index contributed by atoms with van der Waals surface area (Å²) in [6.45, 7) is 2.72. The van der Waals surface area contributed by atoms with Gasteiger partial charge in [-0.3, -0.25) is 9.59 Å². The summed E-state index contributed by atoms with van der Waals surface area (Å²) in [4.78, 5) is 23.9. The number of carbonyl (C=O) groups is 2. The van der Waals surface area contributed by atoms with Crippen molar-refractivity contribution in [2.24, 2.45) is 5.73 Å². The van der Waals surface area contributed by atoms with Gasteiger partial charge in [0.15, 0.2) is 0 Å². The van der Waals surface area contributed by atoms with Gasteiger partial charge in [0.25, 0.3) is 0 Å². The highest BCUT2D eigenvalue weighted by atomic mass is 16.2. The zero-order chi connectivity index (χ0) is 9.84. The average molecular weight is 184 g/mol. The van der Waals surface area contributed by atoms with E-state index in [1.54, 1.807) is 4.90 Å². The van der Waals surface area contributed by atoms with Crippen molar-refractivity contribution in [2.45, 2.75) is 38.6 Å². The Hall–Kier alpha value is -1.06. The van der Waals surface area contributed by atoms with Gasteiger partial charge in [-0.15, -0.1) is 0 Å². The van der Waals surface area contributed by atoms with Gasteiger partial charge >= 0.3 is 0 Å².